The minimum atomic E-state index is -0.0872. The normalized spacial score (nSPS) is 10.3. The molecule has 0 radical (unpaired) electrons. The zero-order valence-corrected chi connectivity index (χ0v) is 12.0. The van der Waals surface area contributed by atoms with Gasteiger partial charge in [0.1, 0.15) is 5.75 Å². The lowest BCUT2D eigenvalue weighted by Crippen LogP contribution is -2.37. The molecular formula is C15H23NO3. The van der Waals surface area contributed by atoms with Gasteiger partial charge in [0.2, 0.25) is 0 Å². The van der Waals surface area contributed by atoms with E-state index in [1.165, 1.54) is 5.56 Å². The SMILES string of the molecule is CCCN(CCO)C(=O)COc1ccc(C)cc1C. The van der Waals surface area contributed by atoms with E-state index < -0.39 is 0 Å². The van der Waals surface area contributed by atoms with Gasteiger partial charge in [0.25, 0.3) is 5.91 Å². The van der Waals surface area contributed by atoms with Crippen molar-refractivity contribution in [2.24, 2.45) is 0 Å². The highest BCUT2D eigenvalue weighted by atomic mass is 16.5. The third kappa shape index (κ3) is 4.91. The number of aliphatic hydroxyl groups is 1. The summed E-state index contributed by atoms with van der Waals surface area (Å²) in [6.07, 6.45) is 0.870. The molecule has 0 spiro atoms. The van der Waals surface area contributed by atoms with Crippen molar-refractivity contribution in [1.82, 2.24) is 4.90 Å². The van der Waals surface area contributed by atoms with E-state index in [1.54, 1.807) is 4.90 Å². The Morgan fingerprint density at radius 1 is 1.32 bits per heavy atom. The summed E-state index contributed by atoms with van der Waals surface area (Å²) in [4.78, 5) is 13.6. The lowest BCUT2D eigenvalue weighted by Gasteiger charge is -2.21. The average Bonchev–Trinajstić information content (AvgIpc) is 2.37. The highest BCUT2D eigenvalue weighted by Crippen LogP contribution is 2.18. The van der Waals surface area contributed by atoms with Gasteiger partial charge in [0.15, 0.2) is 6.61 Å². The molecule has 0 aliphatic heterocycles. The number of aryl methyl sites for hydroxylation is 2. The van der Waals surface area contributed by atoms with E-state index in [-0.39, 0.29) is 19.1 Å². The monoisotopic (exact) mass is 265 g/mol. The number of benzene rings is 1. The zero-order chi connectivity index (χ0) is 14.3. The standard InChI is InChI=1S/C15H23NO3/c1-4-7-16(8-9-17)15(18)11-19-14-6-5-12(2)10-13(14)3/h5-6,10,17H,4,7-9,11H2,1-3H3. The molecule has 1 aromatic rings. The fourth-order valence-corrected chi connectivity index (χ4v) is 1.94. The fraction of sp³-hybridized carbons (Fsp3) is 0.533. The number of carbonyl (C=O) groups excluding carboxylic acids is 1. The molecule has 4 nitrogen and oxygen atoms in total. The van der Waals surface area contributed by atoms with E-state index in [9.17, 15) is 4.79 Å². The van der Waals surface area contributed by atoms with Gasteiger partial charge in [-0.2, -0.15) is 0 Å². The van der Waals surface area contributed by atoms with Crippen molar-refractivity contribution < 1.29 is 14.6 Å². The molecule has 0 atom stereocenters. The molecule has 0 heterocycles. The molecule has 1 N–H and O–H groups in total. The number of carbonyl (C=O) groups is 1. The summed E-state index contributed by atoms with van der Waals surface area (Å²) in [5.41, 5.74) is 2.20. The first kappa shape index (κ1) is 15.5. The fourth-order valence-electron chi connectivity index (χ4n) is 1.94. The quantitative estimate of drug-likeness (QED) is 0.819. The first-order valence-corrected chi connectivity index (χ1v) is 6.67. The highest BCUT2D eigenvalue weighted by Gasteiger charge is 2.13. The van der Waals surface area contributed by atoms with Crippen LogP contribution in [0.3, 0.4) is 0 Å². The number of rotatable bonds is 7. The molecule has 0 aromatic heterocycles. The van der Waals surface area contributed by atoms with Crippen LogP contribution in [0.25, 0.3) is 0 Å². The Hall–Kier alpha value is -1.55. The highest BCUT2D eigenvalue weighted by molar-refractivity contribution is 5.77. The first-order valence-electron chi connectivity index (χ1n) is 6.67. The summed E-state index contributed by atoms with van der Waals surface area (Å²) in [6, 6.07) is 5.87. The van der Waals surface area contributed by atoms with Crippen molar-refractivity contribution >= 4 is 5.91 Å². The molecule has 106 valence electrons. The molecule has 4 heteroatoms. The molecule has 0 aliphatic carbocycles. The van der Waals surface area contributed by atoms with Crippen molar-refractivity contribution in [3.63, 3.8) is 0 Å². The van der Waals surface area contributed by atoms with Gasteiger partial charge >= 0.3 is 0 Å². The first-order chi connectivity index (χ1) is 9.08. The maximum Gasteiger partial charge on any atom is 0.260 e. The summed E-state index contributed by atoms with van der Waals surface area (Å²) in [6.45, 7) is 7.00. The van der Waals surface area contributed by atoms with Crippen LogP contribution in [-0.4, -0.2) is 42.2 Å². The van der Waals surface area contributed by atoms with Crippen LogP contribution in [0.2, 0.25) is 0 Å². The van der Waals surface area contributed by atoms with E-state index in [0.717, 1.165) is 17.7 Å². The van der Waals surface area contributed by atoms with Crippen LogP contribution in [0, 0.1) is 13.8 Å². The van der Waals surface area contributed by atoms with E-state index in [0.29, 0.717) is 13.1 Å². The summed E-state index contributed by atoms with van der Waals surface area (Å²) in [7, 11) is 0. The Morgan fingerprint density at radius 2 is 2.05 bits per heavy atom. The number of hydrogen-bond donors (Lipinski definition) is 1. The van der Waals surface area contributed by atoms with Crippen LogP contribution in [0.1, 0.15) is 24.5 Å². The molecule has 1 aromatic carbocycles. The molecule has 0 saturated carbocycles. The minimum Gasteiger partial charge on any atom is -0.484 e. The van der Waals surface area contributed by atoms with Gasteiger partial charge in [0, 0.05) is 13.1 Å². The van der Waals surface area contributed by atoms with Crippen LogP contribution in [0.5, 0.6) is 5.75 Å². The maximum absolute atomic E-state index is 12.0. The lowest BCUT2D eigenvalue weighted by atomic mass is 10.1. The van der Waals surface area contributed by atoms with Gasteiger partial charge in [-0.15, -0.1) is 0 Å². The van der Waals surface area contributed by atoms with Crippen molar-refractivity contribution in [3.8, 4) is 5.75 Å². The predicted octanol–water partition coefficient (Wildman–Crippen LogP) is 1.91. The number of hydrogen-bond acceptors (Lipinski definition) is 3. The Bertz CT molecular complexity index is 412. The average molecular weight is 265 g/mol. The van der Waals surface area contributed by atoms with Gasteiger partial charge in [-0.05, 0) is 31.9 Å². The topological polar surface area (TPSA) is 49.8 Å². The second kappa shape index (κ2) is 7.79. The number of nitrogens with zero attached hydrogens (tertiary/aromatic N) is 1. The molecule has 1 rings (SSSR count). The van der Waals surface area contributed by atoms with E-state index in [4.69, 9.17) is 9.84 Å². The number of ether oxygens (including phenoxy) is 1. The molecule has 0 unspecified atom stereocenters. The molecule has 0 bridgehead atoms. The molecular weight excluding hydrogens is 242 g/mol. The van der Waals surface area contributed by atoms with Crippen LogP contribution >= 0.6 is 0 Å². The number of aliphatic hydroxyl groups excluding tert-OH is 1. The largest absolute Gasteiger partial charge is 0.484 e. The summed E-state index contributed by atoms with van der Waals surface area (Å²) < 4.78 is 5.55. The van der Waals surface area contributed by atoms with Gasteiger partial charge in [0.05, 0.1) is 6.61 Å². The zero-order valence-electron chi connectivity index (χ0n) is 12.0. The molecule has 0 aliphatic rings. The smallest absolute Gasteiger partial charge is 0.260 e. The van der Waals surface area contributed by atoms with Crippen LogP contribution in [-0.2, 0) is 4.79 Å². The lowest BCUT2D eigenvalue weighted by molar-refractivity contribution is -0.133. The van der Waals surface area contributed by atoms with Crippen molar-refractivity contribution in [1.29, 1.82) is 0 Å². The second-order valence-corrected chi connectivity index (χ2v) is 4.66. The predicted molar refractivity (Wildman–Crippen MR) is 75.4 cm³/mol. The van der Waals surface area contributed by atoms with E-state index in [2.05, 4.69) is 0 Å². The van der Waals surface area contributed by atoms with Crippen molar-refractivity contribution in [2.45, 2.75) is 27.2 Å². The molecule has 0 saturated heterocycles. The molecule has 19 heavy (non-hydrogen) atoms. The summed E-state index contributed by atoms with van der Waals surface area (Å²) >= 11 is 0. The van der Waals surface area contributed by atoms with Crippen LogP contribution < -0.4 is 4.74 Å². The molecule has 0 fully saturated rings. The van der Waals surface area contributed by atoms with Crippen molar-refractivity contribution in [2.75, 3.05) is 26.3 Å². The van der Waals surface area contributed by atoms with Gasteiger partial charge < -0.3 is 14.7 Å². The van der Waals surface area contributed by atoms with Crippen molar-refractivity contribution in [3.05, 3.63) is 29.3 Å². The van der Waals surface area contributed by atoms with Gasteiger partial charge in [-0.1, -0.05) is 24.6 Å². The number of amides is 1. The van der Waals surface area contributed by atoms with Crippen LogP contribution in [0.4, 0.5) is 0 Å². The Kier molecular flexibility index (Phi) is 6.36. The summed E-state index contributed by atoms with van der Waals surface area (Å²) in [5.74, 6) is 0.648. The van der Waals surface area contributed by atoms with E-state index in [1.807, 2.05) is 39.0 Å². The maximum atomic E-state index is 12.0. The van der Waals surface area contributed by atoms with Gasteiger partial charge in [-0.3, -0.25) is 4.79 Å². The molecule has 1 amide bonds. The summed E-state index contributed by atoms with van der Waals surface area (Å²) in [5, 5.41) is 8.94. The van der Waals surface area contributed by atoms with Gasteiger partial charge in [-0.25, -0.2) is 0 Å². The third-order valence-corrected chi connectivity index (χ3v) is 2.90. The minimum absolute atomic E-state index is 0.0178. The van der Waals surface area contributed by atoms with Crippen LogP contribution in [0.15, 0.2) is 18.2 Å². The van der Waals surface area contributed by atoms with E-state index >= 15 is 0 Å². The Balaban J connectivity index is 2.56. The Morgan fingerprint density at radius 3 is 2.63 bits per heavy atom. The second-order valence-electron chi connectivity index (χ2n) is 4.66. The third-order valence-electron chi connectivity index (χ3n) is 2.90. The Labute approximate surface area is 115 Å².